The highest BCUT2D eigenvalue weighted by Crippen LogP contribution is 2.11. The Bertz CT molecular complexity index is 377. The molecule has 1 aromatic carbocycles. The molecule has 0 unspecified atom stereocenters. The Morgan fingerprint density at radius 3 is 2.87 bits per heavy atom. The Morgan fingerprint density at radius 1 is 1.60 bits per heavy atom. The van der Waals surface area contributed by atoms with Crippen molar-refractivity contribution in [2.24, 2.45) is 5.10 Å². The van der Waals surface area contributed by atoms with E-state index in [9.17, 15) is 4.79 Å². The van der Waals surface area contributed by atoms with E-state index in [0.29, 0.717) is 10.6 Å². The van der Waals surface area contributed by atoms with Crippen molar-refractivity contribution in [3.05, 3.63) is 34.9 Å². The topological polar surface area (TPSA) is 61.7 Å². The maximum atomic E-state index is 10.9. The highest BCUT2D eigenvalue weighted by molar-refractivity contribution is 6.33. The van der Waals surface area contributed by atoms with Crippen molar-refractivity contribution in [3.8, 4) is 0 Å². The van der Waals surface area contributed by atoms with E-state index < -0.39 is 12.0 Å². The largest absolute Gasteiger partial charge is 0.383 e. The molecule has 1 aromatic rings. The Balaban J connectivity index is 2.59. The summed E-state index contributed by atoms with van der Waals surface area (Å²) in [6.07, 6.45) is 0.344. The minimum absolute atomic E-state index is 0.549. The average Bonchev–Trinajstić information content (AvgIpc) is 2.20. The van der Waals surface area contributed by atoms with E-state index in [2.05, 4.69) is 10.5 Å². The number of nitrogens with one attached hydrogen (secondary N) is 1. The predicted molar refractivity (Wildman–Crippen MR) is 58.9 cm³/mol. The van der Waals surface area contributed by atoms with Gasteiger partial charge in [-0.3, -0.25) is 4.79 Å². The molecule has 0 spiro atoms. The van der Waals surface area contributed by atoms with Crippen LogP contribution in [0.3, 0.4) is 0 Å². The Hall–Kier alpha value is -1.39. The first-order valence-corrected chi connectivity index (χ1v) is 4.74. The monoisotopic (exact) mass is 226 g/mol. The van der Waals surface area contributed by atoms with Crippen LogP contribution in [0.25, 0.3) is 0 Å². The maximum absolute atomic E-state index is 10.9. The molecule has 4 nitrogen and oxygen atoms in total. The van der Waals surface area contributed by atoms with Gasteiger partial charge in [0, 0.05) is 10.6 Å². The predicted octanol–water partition coefficient (Wildman–Crippen LogP) is 1.17. The van der Waals surface area contributed by atoms with Gasteiger partial charge in [0.2, 0.25) is 0 Å². The molecule has 0 aliphatic carbocycles. The second-order valence-electron chi connectivity index (χ2n) is 2.93. The lowest BCUT2D eigenvalue weighted by Gasteiger charge is -2.01. The first-order chi connectivity index (χ1) is 7.11. The van der Waals surface area contributed by atoms with Gasteiger partial charge in [0.15, 0.2) is 0 Å². The molecule has 0 aliphatic rings. The summed E-state index contributed by atoms with van der Waals surface area (Å²) in [5.41, 5.74) is 2.88. The molecule has 1 rings (SSSR count). The number of nitrogens with zero attached hydrogens (tertiary/aromatic N) is 1. The normalized spacial score (nSPS) is 12.7. The Labute approximate surface area is 92.6 Å². The molecule has 5 heteroatoms. The van der Waals surface area contributed by atoms with E-state index >= 15 is 0 Å². The number of hydrogen-bond donors (Lipinski definition) is 2. The summed E-state index contributed by atoms with van der Waals surface area (Å²) in [5.74, 6) is -0.557. The van der Waals surface area contributed by atoms with Gasteiger partial charge in [0.25, 0.3) is 5.91 Å². The van der Waals surface area contributed by atoms with Crippen LogP contribution in [0.15, 0.2) is 29.4 Å². The minimum atomic E-state index is -1.08. The van der Waals surface area contributed by atoms with Crippen molar-refractivity contribution in [1.82, 2.24) is 5.43 Å². The van der Waals surface area contributed by atoms with E-state index in [-0.39, 0.29) is 0 Å². The number of carbonyl (C=O) groups is 1. The number of amides is 1. The lowest BCUT2D eigenvalue weighted by atomic mass is 10.2. The van der Waals surface area contributed by atoms with Crippen molar-refractivity contribution >= 4 is 23.7 Å². The number of benzene rings is 1. The summed E-state index contributed by atoms with van der Waals surface area (Å²) in [7, 11) is 0. The van der Waals surface area contributed by atoms with E-state index in [0.717, 1.165) is 0 Å². The van der Waals surface area contributed by atoms with Crippen LogP contribution >= 0.6 is 11.6 Å². The van der Waals surface area contributed by atoms with Gasteiger partial charge in [0.05, 0.1) is 6.21 Å². The summed E-state index contributed by atoms with van der Waals surface area (Å²) in [6, 6.07) is 7.09. The molecule has 0 fully saturated rings. The highest BCUT2D eigenvalue weighted by atomic mass is 35.5. The van der Waals surface area contributed by atoms with Gasteiger partial charge in [-0.05, 0) is 13.0 Å². The molecule has 0 saturated carbocycles. The lowest BCUT2D eigenvalue weighted by molar-refractivity contribution is -0.128. The fourth-order valence-electron chi connectivity index (χ4n) is 0.839. The number of hydrazone groups is 1. The van der Waals surface area contributed by atoms with Gasteiger partial charge in [-0.2, -0.15) is 5.10 Å². The van der Waals surface area contributed by atoms with Crippen molar-refractivity contribution in [2.45, 2.75) is 13.0 Å². The van der Waals surface area contributed by atoms with Crippen LogP contribution in [-0.2, 0) is 4.79 Å². The molecule has 0 aromatic heterocycles. The molecule has 0 heterocycles. The third kappa shape index (κ3) is 3.69. The van der Waals surface area contributed by atoms with Crippen LogP contribution in [-0.4, -0.2) is 23.3 Å². The van der Waals surface area contributed by atoms with Gasteiger partial charge in [0.1, 0.15) is 6.10 Å². The second-order valence-corrected chi connectivity index (χ2v) is 3.34. The minimum Gasteiger partial charge on any atom is -0.383 e. The van der Waals surface area contributed by atoms with Crippen molar-refractivity contribution in [2.75, 3.05) is 0 Å². The molecular formula is C10H11ClN2O2. The van der Waals surface area contributed by atoms with Crippen molar-refractivity contribution in [3.63, 3.8) is 0 Å². The number of rotatable bonds is 3. The first-order valence-electron chi connectivity index (χ1n) is 4.37. The SMILES string of the molecule is C[C@H](O)C(=O)N/N=C\c1ccccc1Cl. The molecule has 0 saturated heterocycles. The zero-order valence-corrected chi connectivity index (χ0v) is 8.90. The molecule has 15 heavy (non-hydrogen) atoms. The van der Waals surface area contributed by atoms with E-state index in [4.69, 9.17) is 16.7 Å². The maximum Gasteiger partial charge on any atom is 0.268 e. The second kappa shape index (κ2) is 5.48. The molecule has 2 N–H and O–H groups in total. The van der Waals surface area contributed by atoms with Gasteiger partial charge in [-0.25, -0.2) is 5.43 Å². The summed E-state index contributed by atoms with van der Waals surface area (Å²) in [6.45, 7) is 1.36. The summed E-state index contributed by atoms with van der Waals surface area (Å²) in [4.78, 5) is 10.9. The number of aliphatic hydroxyl groups excluding tert-OH is 1. The van der Waals surface area contributed by atoms with Crippen LogP contribution in [0.1, 0.15) is 12.5 Å². The Kier molecular flexibility index (Phi) is 4.27. The first kappa shape index (κ1) is 11.7. The molecule has 0 radical (unpaired) electrons. The quantitative estimate of drug-likeness (QED) is 0.600. The fourth-order valence-corrected chi connectivity index (χ4v) is 1.02. The third-order valence-electron chi connectivity index (χ3n) is 1.66. The summed E-state index contributed by atoms with van der Waals surface area (Å²) < 4.78 is 0. The average molecular weight is 227 g/mol. The summed E-state index contributed by atoms with van der Waals surface area (Å²) >= 11 is 5.85. The van der Waals surface area contributed by atoms with Gasteiger partial charge in [-0.1, -0.05) is 29.8 Å². The standard InChI is InChI=1S/C10H11ClN2O2/c1-7(14)10(15)13-12-6-8-4-2-3-5-9(8)11/h2-7,14H,1H3,(H,13,15)/b12-6-/t7-/m0/s1. The molecule has 1 atom stereocenters. The molecule has 80 valence electrons. The Morgan fingerprint density at radius 2 is 2.27 bits per heavy atom. The van der Waals surface area contributed by atoms with Gasteiger partial charge < -0.3 is 5.11 Å². The van der Waals surface area contributed by atoms with E-state index in [1.54, 1.807) is 18.2 Å². The smallest absolute Gasteiger partial charge is 0.268 e. The molecule has 0 bridgehead atoms. The number of aliphatic hydroxyl groups is 1. The van der Waals surface area contributed by atoms with Crippen LogP contribution in [0.4, 0.5) is 0 Å². The highest BCUT2D eigenvalue weighted by Gasteiger charge is 2.05. The zero-order chi connectivity index (χ0) is 11.3. The number of carbonyl (C=O) groups excluding carboxylic acids is 1. The number of hydrogen-bond acceptors (Lipinski definition) is 3. The lowest BCUT2D eigenvalue weighted by Crippen LogP contribution is -2.28. The summed E-state index contributed by atoms with van der Waals surface area (Å²) in [5, 5.41) is 13.1. The zero-order valence-electron chi connectivity index (χ0n) is 8.14. The van der Waals surface area contributed by atoms with Crippen molar-refractivity contribution in [1.29, 1.82) is 0 Å². The van der Waals surface area contributed by atoms with Gasteiger partial charge >= 0.3 is 0 Å². The van der Waals surface area contributed by atoms with Crippen LogP contribution in [0, 0.1) is 0 Å². The van der Waals surface area contributed by atoms with Crippen LogP contribution in [0.2, 0.25) is 5.02 Å². The fraction of sp³-hybridized carbons (Fsp3) is 0.200. The molecule has 0 aliphatic heterocycles. The van der Waals surface area contributed by atoms with E-state index in [1.807, 2.05) is 6.07 Å². The van der Waals surface area contributed by atoms with Crippen molar-refractivity contribution < 1.29 is 9.90 Å². The van der Waals surface area contributed by atoms with Crippen LogP contribution < -0.4 is 5.43 Å². The number of halogens is 1. The van der Waals surface area contributed by atoms with E-state index in [1.165, 1.54) is 13.1 Å². The molecule has 1 amide bonds. The van der Waals surface area contributed by atoms with Gasteiger partial charge in [-0.15, -0.1) is 0 Å². The third-order valence-corrected chi connectivity index (χ3v) is 2.01. The molecular weight excluding hydrogens is 216 g/mol. The van der Waals surface area contributed by atoms with Crippen LogP contribution in [0.5, 0.6) is 0 Å².